The average molecular weight is 548 g/mol. The number of carbonyl (C=O) groups excluding carboxylic acids is 1. The predicted octanol–water partition coefficient (Wildman–Crippen LogP) is 3.13. The molecule has 1 aliphatic heterocycles. The Balaban J connectivity index is 0.000000559. The molecule has 3 aromatic rings. The monoisotopic (exact) mass is 547 g/mol. The fraction of sp³-hybridized carbons (Fsp3) is 0.241. The predicted molar refractivity (Wildman–Crippen MR) is 155 cm³/mol. The van der Waals surface area contributed by atoms with Crippen LogP contribution in [-0.2, 0) is 4.79 Å². The van der Waals surface area contributed by atoms with Crippen LogP contribution in [0.5, 0.6) is 5.75 Å². The molecule has 0 radical (unpaired) electrons. The van der Waals surface area contributed by atoms with Gasteiger partial charge in [-0.05, 0) is 67.8 Å². The normalized spacial score (nSPS) is 13.6. The van der Waals surface area contributed by atoms with E-state index in [1.807, 2.05) is 32.0 Å². The van der Waals surface area contributed by atoms with Crippen LogP contribution >= 0.6 is 0 Å². The van der Waals surface area contributed by atoms with Crippen molar-refractivity contribution in [3.05, 3.63) is 77.4 Å². The molecule has 0 fully saturated rings. The fourth-order valence-corrected chi connectivity index (χ4v) is 3.74. The number of aliphatic hydroxyl groups is 2. The molecule has 210 valence electrons. The second kappa shape index (κ2) is 14.0. The molecule has 0 saturated carbocycles. The Labute approximate surface area is 232 Å². The molecule has 1 amide bonds. The molecule has 3 aromatic carbocycles. The number of nitrogens with one attached hydrogen (secondary N) is 2. The maximum atomic E-state index is 12.9. The quantitative estimate of drug-likeness (QED) is 0.135. The summed E-state index contributed by atoms with van der Waals surface area (Å²) in [7, 11) is 0. The molecule has 4 rings (SSSR count). The van der Waals surface area contributed by atoms with Crippen molar-refractivity contribution in [1.82, 2.24) is 5.32 Å². The van der Waals surface area contributed by atoms with Crippen LogP contribution in [0.4, 0.5) is 11.4 Å². The number of rotatable bonds is 9. The summed E-state index contributed by atoms with van der Waals surface area (Å²) in [6.45, 7) is 7.07. The largest absolute Gasteiger partial charge is 0.505 e. The number of phenols is 1. The number of hydrazone groups is 2. The van der Waals surface area contributed by atoms with E-state index >= 15 is 0 Å². The number of hydrogen-bond acceptors (Lipinski definition) is 9. The van der Waals surface area contributed by atoms with Gasteiger partial charge in [0.05, 0.1) is 35.9 Å². The minimum absolute atomic E-state index is 0.111. The topological polar surface area (TPSA) is 167 Å². The van der Waals surface area contributed by atoms with Gasteiger partial charge in [0.2, 0.25) is 0 Å². The Morgan fingerprint density at radius 3 is 2.30 bits per heavy atom. The molecule has 6 N–H and O–H groups in total. The molecule has 0 saturated heterocycles. The van der Waals surface area contributed by atoms with Crippen molar-refractivity contribution in [2.24, 2.45) is 10.2 Å². The second-order valence-electron chi connectivity index (χ2n) is 8.93. The van der Waals surface area contributed by atoms with Gasteiger partial charge in [0.1, 0.15) is 5.75 Å². The summed E-state index contributed by atoms with van der Waals surface area (Å²) >= 11 is 0. The zero-order chi connectivity index (χ0) is 29.2. The van der Waals surface area contributed by atoms with Crippen LogP contribution in [0.2, 0.25) is 0 Å². The number of aliphatic hydroxyl groups excluding tert-OH is 2. The summed E-state index contributed by atoms with van der Waals surface area (Å²) in [6, 6.07) is 16.9. The van der Waals surface area contributed by atoms with Crippen LogP contribution in [0.3, 0.4) is 0 Å². The summed E-state index contributed by atoms with van der Waals surface area (Å²) in [4.78, 5) is 24.2. The zero-order valence-electron chi connectivity index (χ0n) is 22.5. The van der Waals surface area contributed by atoms with E-state index in [4.69, 9.17) is 10.2 Å². The smallest absolute Gasteiger partial charge is 0.335 e. The molecule has 0 aromatic heterocycles. The molecular weight excluding hydrogens is 514 g/mol. The van der Waals surface area contributed by atoms with Crippen LogP contribution in [-0.4, -0.2) is 70.0 Å². The molecule has 1 aliphatic rings. The minimum atomic E-state index is -1.06. The first-order chi connectivity index (χ1) is 19.2. The maximum absolute atomic E-state index is 12.9. The number of para-hydroxylation sites is 1. The van der Waals surface area contributed by atoms with E-state index in [1.54, 1.807) is 37.3 Å². The van der Waals surface area contributed by atoms with Crippen LogP contribution in [0, 0.1) is 13.8 Å². The number of amides is 1. The minimum Gasteiger partial charge on any atom is -0.505 e. The highest BCUT2D eigenvalue weighted by Gasteiger charge is 2.31. The third-order valence-electron chi connectivity index (χ3n) is 6.04. The van der Waals surface area contributed by atoms with Gasteiger partial charge in [-0.1, -0.05) is 30.3 Å². The summed E-state index contributed by atoms with van der Waals surface area (Å²) in [5, 5.41) is 48.9. The molecule has 0 atom stereocenters. The molecule has 0 aliphatic carbocycles. The van der Waals surface area contributed by atoms with Crippen molar-refractivity contribution in [2.45, 2.75) is 20.8 Å². The number of aromatic carboxylic acids is 1. The van der Waals surface area contributed by atoms with Gasteiger partial charge >= 0.3 is 11.9 Å². The Morgan fingerprint density at radius 1 is 0.950 bits per heavy atom. The number of carboxylic acids is 1. The summed E-state index contributed by atoms with van der Waals surface area (Å²) in [5.41, 5.74) is 7.49. The Bertz CT molecular complexity index is 1430. The zero-order valence-corrected chi connectivity index (χ0v) is 22.5. The van der Waals surface area contributed by atoms with Gasteiger partial charge in [0.15, 0.2) is 5.71 Å². The van der Waals surface area contributed by atoms with E-state index in [1.165, 1.54) is 17.1 Å². The molecule has 0 bridgehead atoms. The Morgan fingerprint density at radius 2 is 1.65 bits per heavy atom. The summed E-state index contributed by atoms with van der Waals surface area (Å²) in [6.07, 6.45) is 0. The summed E-state index contributed by atoms with van der Waals surface area (Å²) < 4.78 is 0. The van der Waals surface area contributed by atoms with Gasteiger partial charge in [-0.3, -0.25) is 10.2 Å². The molecule has 1 heterocycles. The Hall–Kier alpha value is -4.58. The van der Waals surface area contributed by atoms with Crippen LogP contribution in [0.15, 0.2) is 70.9 Å². The lowest BCUT2D eigenvalue weighted by Crippen LogP contribution is -2.28. The average Bonchev–Trinajstić information content (AvgIpc) is 3.23. The van der Waals surface area contributed by atoms with Crippen molar-refractivity contribution in [1.29, 1.82) is 0 Å². The first-order valence-electron chi connectivity index (χ1n) is 12.6. The van der Waals surface area contributed by atoms with Gasteiger partial charge in [-0.2, -0.15) is 15.2 Å². The SMILES string of the molecule is CC1=NN(c2ccc(C)c(C)c2)C(=O)/C1=N\Nc1cccc(-c2cccc(C(=O)O)c2)c1O.OCCNCCO. The number of carboxylic acid groups (broad SMARTS) is 1. The summed E-state index contributed by atoms with van der Waals surface area (Å²) in [5.74, 6) is -1.55. The number of carbonyl (C=O) groups is 2. The lowest BCUT2D eigenvalue weighted by molar-refractivity contribution is -0.112. The highest BCUT2D eigenvalue weighted by molar-refractivity contribution is 6.71. The number of benzene rings is 3. The highest BCUT2D eigenvalue weighted by atomic mass is 16.4. The van der Waals surface area contributed by atoms with Crippen LogP contribution in [0.1, 0.15) is 28.4 Å². The number of anilines is 2. The number of nitrogens with zero attached hydrogens (tertiary/aromatic N) is 3. The van der Waals surface area contributed by atoms with Crippen molar-refractivity contribution < 1.29 is 30.0 Å². The first kappa shape index (κ1) is 30.0. The third-order valence-corrected chi connectivity index (χ3v) is 6.04. The molecular formula is C29H33N5O6. The van der Waals surface area contributed by atoms with Gasteiger partial charge < -0.3 is 25.7 Å². The molecule has 0 unspecified atom stereocenters. The van der Waals surface area contributed by atoms with E-state index in [-0.39, 0.29) is 41.8 Å². The van der Waals surface area contributed by atoms with Crippen LogP contribution < -0.4 is 15.8 Å². The van der Waals surface area contributed by atoms with Crippen LogP contribution in [0.25, 0.3) is 11.1 Å². The Kier molecular flexibility index (Phi) is 10.5. The van der Waals surface area contributed by atoms with E-state index in [9.17, 15) is 19.8 Å². The van der Waals surface area contributed by atoms with Gasteiger partial charge in [-0.25, -0.2) is 4.79 Å². The number of aryl methyl sites for hydroxylation is 2. The van der Waals surface area contributed by atoms with Crippen molar-refractivity contribution in [2.75, 3.05) is 36.7 Å². The maximum Gasteiger partial charge on any atom is 0.335 e. The highest BCUT2D eigenvalue weighted by Crippen LogP contribution is 2.36. The van der Waals surface area contributed by atoms with E-state index in [0.717, 1.165) is 11.1 Å². The standard InChI is InChI=1S/C25H22N4O4.C4H11NO2/c1-14-10-11-19(12-15(14)2)29-24(31)22(16(3)28-29)27-26-21-9-5-8-20(23(21)30)17-6-4-7-18(13-17)25(32)33;6-3-1-5-2-4-7/h4-13,26,30H,1-3H3,(H,32,33);5-7H,1-4H2/b27-22-;. The molecule has 11 heteroatoms. The van der Waals surface area contributed by atoms with Gasteiger partial charge in [0, 0.05) is 18.7 Å². The number of aromatic hydroxyl groups is 1. The fourth-order valence-electron chi connectivity index (χ4n) is 3.74. The van der Waals surface area contributed by atoms with E-state index < -0.39 is 5.97 Å². The first-order valence-corrected chi connectivity index (χ1v) is 12.6. The number of phenolic OH excluding ortho intramolecular Hbond substituents is 1. The number of hydrogen-bond donors (Lipinski definition) is 6. The lowest BCUT2D eigenvalue weighted by atomic mass is 10.0. The van der Waals surface area contributed by atoms with E-state index in [0.29, 0.717) is 35.6 Å². The second-order valence-corrected chi connectivity index (χ2v) is 8.93. The molecule has 40 heavy (non-hydrogen) atoms. The molecule has 11 nitrogen and oxygen atoms in total. The van der Waals surface area contributed by atoms with Crippen molar-refractivity contribution >= 4 is 34.7 Å². The van der Waals surface area contributed by atoms with Gasteiger partial charge in [-0.15, -0.1) is 0 Å². The van der Waals surface area contributed by atoms with Crippen molar-refractivity contribution in [3.63, 3.8) is 0 Å². The van der Waals surface area contributed by atoms with Crippen molar-refractivity contribution in [3.8, 4) is 16.9 Å². The molecule has 0 spiro atoms. The third kappa shape index (κ3) is 7.29. The van der Waals surface area contributed by atoms with Gasteiger partial charge in [0.25, 0.3) is 0 Å². The lowest BCUT2D eigenvalue weighted by Gasteiger charge is -2.13. The van der Waals surface area contributed by atoms with E-state index in [2.05, 4.69) is 20.9 Å².